The predicted molar refractivity (Wildman–Crippen MR) is 77.1 cm³/mol. The molecule has 3 unspecified atom stereocenters. The molecule has 106 valence electrons. The van der Waals surface area contributed by atoms with E-state index in [1.165, 1.54) is 11.1 Å². The lowest BCUT2D eigenvalue weighted by Gasteiger charge is -2.28. The van der Waals surface area contributed by atoms with E-state index in [1.807, 2.05) is 0 Å². The SMILES string of the molecule is COCC(C)CC(N)CC1OCCc2ccccc21. The second-order valence-electron chi connectivity index (χ2n) is 5.60. The molecule has 3 heteroatoms. The predicted octanol–water partition coefficient (Wildman–Crippen LogP) is 2.69. The molecule has 1 aromatic carbocycles. The van der Waals surface area contributed by atoms with Crippen molar-refractivity contribution in [1.29, 1.82) is 0 Å². The summed E-state index contributed by atoms with van der Waals surface area (Å²) in [6, 6.07) is 8.72. The molecule has 19 heavy (non-hydrogen) atoms. The summed E-state index contributed by atoms with van der Waals surface area (Å²) in [6.07, 6.45) is 3.05. The first-order valence-corrected chi connectivity index (χ1v) is 7.14. The van der Waals surface area contributed by atoms with Crippen LogP contribution in [0.4, 0.5) is 0 Å². The molecule has 0 saturated carbocycles. The van der Waals surface area contributed by atoms with E-state index in [0.29, 0.717) is 5.92 Å². The van der Waals surface area contributed by atoms with Crippen LogP contribution < -0.4 is 5.73 Å². The lowest BCUT2D eigenvalue weighted by molar-refractivity contribution is 0.0296. The van der Waals surface area contributed by atoms with Crippen molar-refractivity contribution in [3.05, 3.63) is 35.4 Å². The fourth-order valence-electron chi connectivity index (χ4n) is 2.91. The molecule has 1 aromatic rings. The Morgan fingerprint density at radius 2 is 2.21 bits per heavy atom. The number of hydrogen-bond acceptors (Lipinski definition) is 3. The Morgan fingerprint density at radius 1 is 1.42 bits per heavy atom. The van der Waals surface area contributed by atoms with Gasteiger partial charge in [-0.05, 0) is 36.3 Å². The van der Waals surface area contributed by atoms with Gasteiger partial charge >= 0.3 is 0 Å². The Balaban J connectivity index is 1.93. The Bertz CT molecular complexity index is 394. The second kappa shape index (κ2) is 7.04. The molecule has 0 aliphatic carbocycles. The first kappa shape index (κ1) is 14.5. The fourth-order valence-corrected chi connectivity index (χ4v) is 2.91. The smallest absolute Gasteiger partial charge is 0.0842 e. The molecule has 0 amide bonds. The summed E-state index contributed by atoms with van der Waals surface area (Å²) in [5, 5.41) is 0. The lowest BCUT2D eigenvalue weighted by atomic mass is 9.91. The van der Waals surface area contributed by atoms with Crippen LogP contribution in [-0.2, 0) is 15.9 Å². The minimum absolute atomic E-state index is 0.162. The van der Waals surface area contributed by atoms with Gasteiger partial charge in [0, 0.05) is 19.8 Å². The molecule has 1 aliphatic rings. The molecule has 3 nitrogen and oxygen atoms in total. The molecular weight excluding hydrogens is 238 g/mol. The zero-order valence-electron chi connectivity index (χ0n) is 12.0. The van der Waals surface area contributed by atoms with Crippen LogP contribution >= 0.6 is 0 Å². The van der Waals surface area contributed by atoms with Gasteiger partial charge in [-0.3, -0.25) is 0 Å². The zero-order valence-corrected chi connectivity index (χ0v) is 12.0. The van der Waals surface area contributed by atoms with E-state index in [4.69, 9.17) is 15.2 Å². The van der Waals surface area contributed by atoms with Crippen LogP contribution in [0, 0.1) is 5.92 Å². The van der Waals surface area contributed by atoms with Crippen LogP contribution in [0.1, 0.15) is 37.0 Å². The minimum atomic E-state index is 0.162. The quantitative estimate of drug-likeness (QED) is 0.858. The highest BCUT2D eigenvalue weighted by molar-refractivity contribution is 5.30. The van der Waals surface area contributed by atoms with Gasteiger partial charge in [-0.1, -0.05) is 31.2 Å². The van der Waals surface area contributed by atoms with E-state index >= 15 is 0 Å². The zero-order chi connectivity index (χ0) is 13.7. The molecule has 0 radical (unpaired) electrons. The number of methoxy groups -OCH3 is 1. The van der Waals surface area contributed by atoms with Crippen molar-refractivity contribution in [2.75, 3.05) is 20.3 Å². The third-order valence-corrected chi connectivity index (χ3v) is 3.77. The summed E-state index contributed by atoms with van der Waals surface area (Å²) in [7, 11) is 1.74. The number of nitrogens with two attached hydrogens (primary N) is 1. The van der Waals surface area contributed by atoms with E-state index in [0.717, 1.165) is 32.5 Å². The highest BCUT2D eigenvalue weighted by Crippen LogP contribution is 2.31. The normalized spacial score (nSPS) is 21.7. The van der Waals surface area contributed by atoms with Crippen LogP contribution in [0.15, 0.2) is 24.3 Å². The largest absolute Gasteiger partial charge is 0.384 e. The van der Waals surface area contributed by atoms with Gasteiger partial charge < -0.3 is 15.2 Å². The standard InChI is InChI=1S/C16H25NO2/c1-12(11-18-2)9-14(17)10-16-15-6-4-3-5-13(15)7-8-19-16/h3-6,12,14,16H,7-11,17H2,1-2H3. The van der Waals surface area contributed by atoms with Crippen molar-refractivity contribution in [1.82, 2.24) is 0 Å². The third kappa shape index (κ3) is 4.03. The van der Waals surface area contributed by atoms with Crippen LogP contribution in [0.3, 0.4) is 0 Å². The monoisotopic (exact) mass is 263 g/mol. The van der Waals surface area contributed by atoms with Gasteiger partial charge in [0.15, 0.2) is 0 Å². The van der Waals surface area contributed by atoms with Crippen molar-refractivity contribution < 1.29 is 9.47 Å². The van der Waals surface area contributed by atoms with Gasteiger partial charge in [-0.2, -0.15) is 0 Å². The van der Waals surface area contributed by atoms with Crippen molar-refractivity contribution in [2.24, 2.45) is 11.7 Å². The Morgan fingerprint density at radius 3 is 3.00 bits per heavy atom. The summed E-state index contributed by atoms with van der Waals surface area (Å²) >= 11 is 0. The molecule has 0 bridgehead atoms. The Hall–Kier alpha value is -0.900. The highest BCUT2D eigenvalue weighted by Gasteiger charge is 2.23. The summed E-state index contributed by atoms with van der Waals surface area (Å²) in [5.41, 5.74) is 8.99. The molecular formula is C16H25NO2. The van der Waals surface area contributed by atoms with E-state index in [9.17, 15) is 0 Å². The van der Waals surface area contributed by atoms with Gasteiger partial charge in [0.05, 0.1) is 12.7 Å². The third-order valence-electron chi connectivity index (χ3n) is 3.77. The van der Waals surface area contributed by atoms with Gasteiger partial charge in [-0.25, -0.2) is 0 Å². The van der Waals surface area contributed by atoms with Gasteiger partial charge in [0.25, 0.3) is 0 Å². The molecule has 3 atom stereocenters. The number of rotatable bonds is 6. The fraction of sp³-hybridized carbons (Fsp3) is 0.625. The second-order valence-corrected chi connectivity index (χ2v) is 5.60. The molecule has 0 aromatic heterocycles. The van der Waals surface area contributed by atoms with Crippen LogP contribution in [0.25, 0.3) is 0 Å². The van der Waals surface area contributed by atoms with Gasteiger partial charge in [-0.15, -0.1) is 0 Å². The average molecular weight is 263 g/mol. The van der Waals surface area contributed by atoms with Gasteiger partial charge in [0.2, 0.25) is 0 Å². The minimum Gasteiger partial charge on any atom is -0.384 e. The van der Waals surface area contributed by atoms with E-state index in [2.05, 4.69) is 31.2 Å². The van der Waals surface area contributed by atoms with E-state index in [-0.39, 0.29) is 12.1 Å². The molecule has 1 heterocycles. The summed E-state index contributed by atoms with van der Waals surface area (Å²) in [6.45, 7) is 3.76. The summed E-state index contributed by atoms with van der Waals surface area (Å²) < 4.78 is 11.1. The summed E-state index contributed by atoms with van der Waals surface area (Å²) in [4.78, 5) is 0. The van der Waals surface area contributed by atoms with E-state index < -0.39 is 0 Å². The molecule has 0 saturated heterocycles. The lowest BCUT2D eigenvalue weighted by Crippen LogP contribution is -2.29. The van der Waals surface area contributed by atoms with Crippen molar-refractivity contribution >= 4 is 0 Å². The highest BCUT2D eigenvalue weighted by atomic mass is 16.5. The van der Waals surface area contributed by atoms with Gasteiger partial charge in [0.1, 0.15) is 0 Å². The molecule has 2 rings (SSSR count). The number of hydrogen-bond donors (Lipinski definition) is 1. The number of fused-ring (bicyclic) bond motifs is 1. The average Bonchev–Trinajstić information content (AvgIpc) is 2.39. The maximum Gasteiger partial charge on any atom is 0.0842 e. The topological polar surface area (TPSA) is 44.5 Å². The Labute approximate surface area is 116 Å². The van der Waals surface area contributed by atoms with E-state index in [1.54, 1.807) is 7.11 Å². The maximum atomic E-state index is 6.26. The van der Waals surface area contributed by atoms with Crippen molar-refractivity contribution in [2.45, 2.75) is 38.3 Å². The van der Waals surface area contributed by atoms with Crippen LogP contribution in [0.5, 0.6) is 0 Å². The molecule has 0 fully saturated rings. The Kier molecular flexibility index (Phi) is 5.37. The molecule has 2 N–H and O–H groups in total. The first-order valence-electron chi connectivity index (χ1n) is 7.14. The number of ether oxygens (including phenoxy) is 2. The maximum absolute atomic E-state index is 6.26. The first-order chi connectivity index (χ1) is 9.20. The van der Waals surface area contributed by atoms with Crippen molar-refractivity contribution in [3.8, 4) is 0 Å². The van der Waals surface area contributed by atoms with Crippen molar-refractivity contribution in [3.63, 3.8) is 0 Å². The summed E-state index contributed by atoms with van der Waals surface area (Å²) in [5.74, 6) is 0.499. The molecule has 1 aliphatic heterocycles. The van der Waals surface area contributed by atoms with Crippen LogP contribution in [0.2, 0.25) is 0 Å². The number of benzene rings is 1. The molecule has 0 spiro atoms. The van der Waals surface area contributed by atoms with Crippen LogP contribution in [-0.4, -0.2) is 26.4 Å².